The molecule has 0 bridgehead atoms. The number of ether oxygens (including phenoxy) is 1. The van der Waals surface area contributed by atoms with Gasteiger partial charge in [0.1, 0.15) is 0 Å². The minimum absolute atomic E-state index is 0.223. The van der Waals surface area contributed by atoms with Crippen molar-refractivity contribution in [2.75, 3.05) is 0 Å². The second-order valence-corrected chi connectivity index (χ2v) is 5.81. The molecule has 0 aliphatic carbocycles. The summed E-state index contributed by atoms with van der Waals surface area (Å²) in [5.74, 6) is -0.656. The first-order valence-electron chi connectivity index (χ1n) is 3.45. The minimum Gasteiger partial charge on any atom is -0.403 e. The molecule has 1 aromatic heterocycles. The molecule has 0 saturated heterocycles. The molecule has 0 saturated carbocycles. The third kappa shape index (κ3) is 3.80. The summed E-state index contributed by atoms with van der Waals surface area (Å²) in [6, 6.07) is 0.809. The van der Waals surface area contributed by atoms with E-state index in [9.17, 15) is 21.6 Å². The first kappa shape index (κ1) is 13.5. The van der Waals surface area contributed by atoms with Crippen molar-refractivity contribution in [2.45, 2.75) is 11.4 Å². The highest BCUT2D eigenvalue weighted by atomic mass is 79.9. The number of aromatic nitrogens is 1. The number of alkyl halides is 3. The zero-order valence-electron chi connectivity index (χ0n) is 7.12. The summed E-state index contributed by atoms with van der Waals surface area (Å²) >= 11 is 2.70. The van der Waals surface area contributed by atoms with E-state index >= 15 is 0 Å². The summed E-state index contributed by atoms with van der Waals surface area (Å²) in [4.78, 5) is 3.22. The van der Waals surface area contributed by atoms with E-state index in [4.69, 9.17) is 10.7 Å². The van der Waals surface area contributed by atoms with Crippen LogP contribution >= 0.6 is 26.6 Å². The van der Waals surface area contributed by atoms with Crippen LogP contribution in [0.2, 0.25) is 0 Å². The van der Waals surface area contributed by atoms with Gasteiger partial charge in [-0.25, -0.2) is 13.4 Å². The lowest BCUT2D eigenvalue weighted by Crippen LogP contribution is -2.17. The fraction of sp³-hybridized carbons (Fsp3) is 0.167. The molecule has 1 heterocycles. The highest BCUT2D eigenvalue weighted by Crippen LogP contribution is 2.31. The van der Waals surface area contributed by atoms with Gasteiger partial charge >= 0.3 is 6.36 Å². The Bertz CT molecular complexity index is 504. The summed E-state index contributed by atoms with van der Waals surface area (Å²) in [5.41, 5.74) is 0. The predicted molar refractivity (Wildman–Crippen MR) is 51.7 cm³/mol. The number of nitrogens with zero attached hydrogens (tertiary/aromatic N) is 1. The molecule has 0 atom stereocenters. The van der Waals surface area contributed by atoms with Gasteiger partial charge < -0.3 is 4.74 Å². The second kappa shape index (κ2) is 4.38. The van der Waals surface area contributed by atoms with Crippen LogP contribution in [0.1, 0.15) is 0 Å². The van der Waals surface area contributed by atoms with Crippen LogP contribution in [0.3, 0.4) is 0 Å². The summed E-state index contributed by atoms with van der Waals surface area (Å²) < 4.78 is 60.5. The van der Waals surface area contributed by atoms with E-state index in [0.29, 0.717) is 6.20 Å². The number of hydrogen-bond donors (Lipinski definition) is 0. The van der Waals surface area contributed by atoms with Crippen molar-refractivity contribution in [1.29, 1.82) is 0 Å². The molecule has 0 amide bonds. The van der Waals surface area contributed by atoms with Crippen LogP contribution in [0.4, 0.5) is 13.2 Å². The molecule has 16 heavy (non-hydrogen) atoms. The van der Waals surface area contributed by atoms with Crippen molar-refractivity contribution in [3.63, 3.8) is 0 Å². The Morgan fingerprint density at radius 1 is 1.44 bits per heavy atom. The van der Waals surface area contributed by atoms with Crippen molar-refractivity contribution >= 4 is 35.7 Å². The average Bonchev–Trinajstić information content (AvgIpc) is 2.04. The highest BCUT2D eigenvalue weighted by Gasteiger charge is 2.32. The minimum atomic E-state index is -4.88. The van der Waals surface area contributed by atoms with Gasteiger partial charge in [-0.2, -0.15) is 0 Å². The molecule has 1 rings (SSSR count). The molecule has 0 N–H and O–H groups in total. The van der Waals surface area contributed by atoms with E-state index in [0.717, 1.165) is 6.07 Å². The Labute approximate surface area is 101 Å². The lowest BCUT2D eigenvalue weighted by atomic mass is 10.5. The first-order chi connectivity index (χ1) is 7.09. The lowest BCUT2D eigenvalue weighted by molar-refractivity contribution is -0.275. The van der Waals surface area contributed by atoms with Gasteiger partial charge in [0.05, 0.1) is 10.7 Å². The SMILES string of the molecule is O=S(=O)(Cl)c1cc(Br)c(OC(F)(F)F)cn1. The van der Waals surface area contributed by atoms with Gasteiger partial charge in [0.2, 0.25) is 0 Å². The Hall–Kier alpha value is -0.540. The molecule has 0 spiro atoms. The number of hydrogen-bond acceptors (Lipinski definition) is 4. The van der Waals surface area contributed by atoms with E-state index < -0.39 is 26.2 Å². The Balaban J connectivity index is 3.11. The molecule has 0 aromatic carbocycles. The van der Waals surface area contributed by atoms with Crippen LogP contribution in [0.15, 0.2) is 21.8 Å². The summed E-state index contributed by atoms with van der Waals surface area (Å²) in [6.07, 6.45) is -4.28. The van der Waals surface area contributed by atoms with E-state index in [1.807, 2.05) is 0 Å². The van der Waals surface area contributed by atoms with Gasteiger partial charge in [-0.1, -0.05) is 0 Å². The molecule has 10 heteroatoms. The summed E-state index contributed by atoms with van der Waals surface area (Å²) in [5, 5.41) is -0.574. The van der Waals surface area contributed by atoms with Crippen LogP contribution in [-0.4, -0.2) is 19.8 Å². The Kier molecular flexibility index (Phi) is 3.70. The fourth-order valence-electron chi connectivity index (χ4n) is 0.734. The molecule has 0 unspecified atom stereocenters. The molecule has 0 aliphatic rings. The Morgan fingerprint density at radius 3 is 2.38 bits per heavy atom. The van der Waals surface area contributed by atoms with Gasteiger partial charge in [-0.3, -0.25) is 0 Å². The molecule has 90 valence electrons. The predicted octanol–water partition coefficient (Wildman–Crippen LogP) is 2.67. The molecule has 0 fully saturated rings. The van der Waals surface area contributed by atoms with Crippen LogP contribution in [-0.2, 0) is 9.05 Å². The van der Waals surface area contributed by atoms with E-state index in [1.54, 1.807) is 0 Å². The molecule has 4 nitrogen and oxygen atoms in total. The van der Waals surface area contributed by atoms with E-state index in [-0.39, 0.29) is 4.47 Å². The largest absolute Gasteiger partial charge is 0.573 e. The van der Waals surface area contributed by atoms with Gasteiger partial charge in [-0.05, 0) is 22.0 Å². The third-order valence-electron chi connectivity index (χ3n) is 1.27. The topological polar surface area (TPSA) is 56.3 Å². The smallest absolute Gasteiger partial charge is 0.403 e. The maximum Gasteiger partial charge on any atom is 0.573 e. The van der Waals surface area contributed by atoms with E-state index in [2.05, 4.69) is 25.7 Å². The average molecular weight is 341 g/mol. The molecule has 0 aliphatic heterocycles. The summed E-state index contributed by atoms with van der Waals surface area (Å²) in [6.45, 7) is 0. The zero-order chi connectivity index (χ0) is 12.6. The lowest BCUT2D eigenvalue weighted by Gasteiger charge is -2.10. The van der Waals surface area contributed by atoms with Gasteiger partial charge in [-0.15, -0.1) is 13.2 Å². The quantitative estimate of drug-likeness (QED) is 0.777. The maximum absolute atomic E-state index is 11.8. The van der Waals surface area contributed by atoms with Gasteiger partial charge in [0.15, 0.2) is 10.8 Å². The summed E-state index contributed by atoms with van der Waals surface area (Å²) in [7, 11) is 0.850. The standard InChI is InChI=1S/C6H2BrClF3NO3S/c7-3-1-5(16(8,13)14)12-2-4(3)15-6(9,10)11/h1-2H. The van der Waals surface area contributed by atoms with Crippen LogP contribution in [0.25, 0.3) is 0 Å². The number of rotatable bonds is 2. The fourth-order valence-corrected chi connectivity index (χ4v) is 1.98. The number of pyridine rings is 1. The van der Waals surface area contributed by atoms with Gasteiger partial charge in [0.25, 0.3) is 9.05 Å². The normalized spacial score (nSPS) is 12.6. The van der Waals surface area contributed by atoms with Crippen LogP contribution < -0.4 is 4.74 Å². The molecule has 1 aromatic rings. The van der Waals surface area contributed by atoms with Crippen LogP contribution in [0, 0.1) is 0 Å². The Morgan fingerprint density at radius 2 is 2.00 bits per heavy atom. The van der Waals surface area contributed by atoms with Crippen molar-refractivity contribution < 1.29 is 26.3 Å². The molecular weight excluding hydrogens is 338 g/mol. The van der Waals surface area contributed by atoms with E-state index in [1.165, 1.54) is 0 Å². The highest BCUT2D eigenvalue weighted by molar-refractivity contribution is 9.10. The van der Waals surface area contributed by atoms with Crippen molar-refractivity contribution in [1.82, 2.24) is 4.98 Å². The first-order valence-corrected chi connectivity index (χ1v) is 6.56. The monoisotopic (exact) mass is 339 g/mol. The molecular formula is C6H2BrClF3NO3S. The molecule has 0 radical (unpaired) electrons. The van der Waals surface area contributed by atoms with Crippen LogP contribution in [0.5, 0.6) is 5.75 Å². The zero-order valence-corrected chi connectivity index (χ0v) is 10.3. The van der Waals surface area contributed by atoms with Crippen molar-refractivity contribution in [3.8, 4) is 5.75 Å². The van der Waals surface area contributed by atoms with Crippen molar-refractivity contribution in [3.05, 3.63) is 16.7 Å². The third-order valence-corrected chi connectivity index (χ3v) is 3.09. The van der Waals surface area contributed by atoms with Crippen molar-refractivity contribution in [2.24, 2.45) is 0 Å². The maximum atomic E-state index is 11.8. The van der Waals surface area contributed by atoms with Gasteiger partial charge in [0, 0.05) is 10.7 Å². The number of halogens is 5. The second-order valence-electron chi connectivity index (χ2n) is 2.44.